The molecule has 5 rings (SSSR count). The van der Waals surface area contributed by atoms with Gasteiger partial charge in [-0.15, -0.1) is 0 Å². The van der Waals surface area contributed by atoms with E-state index in [1.807, 2.05) is 0 Å². The van der Waals surface area contributed by atoms with E-state index in [4.69, 9.17) is 4.74 Å². The fraction of sp³-hybridized carbons (Fsp3) is 0.545. The van der Waals surface area contributed by atoms with Crippen molar-refractivity contribution in [2.24, 2.45) is 0 Å². The van der Waals surface area contributed by atoms with E-state index in [1.165, 1.54) is 0 Å². The van der Waals surface area contributed by atoms with Gasteiger partial charge >= 0.3 is 6.18 Å². The van der Waals surface area contributed by atoms with E-state index in [2.05, 4.69) is 15.1 Å². The first-order chi connectivity index (χ1) is 15.7. The van der Waals surface area contributed by atoms with Crippen LogP contribution in [-0.2, 0) is 23.9 Å². The average molecular weight is 470 g/mol. The molecule has 0 unspecified atom stereocenters. The van der Waals surface area contributed by atoms with Crippen LogP contribution in [0.2, 0.25) is 0 Å². The lowest BCUT2D eigenvalue weighted by Crippen LogP contribution is -2.50. The highest BCUT2D eigenvalue weighted by molar-refractivity contribution is 5.94. The summed E-state index contributed by atoms with van der Waals surface area (Å²) in [4.78, 5) is 17.0. The number of carbonyl (C=O) groups excluding carboxylic acids is 1. The van der Waals surface area contributed by atoms with Gasteiger partial charge in [0.25, 0.3) is 5.91 Å². The second kappa shape index (κ2) is 8.35. The molecule has 33 heavy (non-hydrogen) atoms. The van der Waals surface area contributed by atoms with Gasteiger partial charge in [-0.25, -0.2) is 8.78 Å². The van der Waals surface area contributed by atoms with Gasteiger partial charge in [0.05, 0.1) is 30.5 Å². The molecular weight excluding hydrogens is 447 g/mol. The van der Waals surface area contributed by atoms with Gasteiger partial charge in [-0.3, -0.25) is 14.8 Å². The van der Waals surface area contributed by atoms with Crippen molar-refractivity contribution in [3.05, 3.63) is 51.8 Å². The zero-order chi connectivity index (χ0) is 23.3. The molecule has 2 saturated heterocycles. The summed E-state index contributed by atoms with van der Waals surface area (Å²) in [5.41, 5.74) is 0.346. The number of hydrogen-bond acceptors (Lipinski definition) is 4. The van der Waals surface area contributed by atoms with Crippen LogP contribution in [0.25, 0.3) is 0 Å². The van der Waals surface area contributed by atoms with E-state index in [1.54, 1.807) is 4.90 Å². The third-order valence-electron chi connectivity index (χ3n) is 6.93. The summed E-state index contributed by atoms with van der Waals surface area (Å²) in [7, 11) is 0. The van der Waals surface area contributed by atoms with Gasteiger partial charge in [0, 0.05) is 31.7 Å². The number of carbonyl (C=O) groups is 1. The Morgan fingerprint density at radius 3 is 2.48 bits per heavy atom. The van der Waals surface area contributed by atoms with Crippen LogP contribution in [0.15, 0.2) is 12.1 Å². The van der Waals surface area contributed by atoms with Crippen LogP contribution in [0, 0.1) is 11.6 Å². The molecule has 0 spiro atoms. The molecule has 3 aliphatic rings. The van der Waals surface area contributed by atoms with Gasteiger partial charge in [0.1, 0.15) is 0 Å². The van der Waals surface area contributed by atoms with Crippen molar-refractivity contribution in [2.45, 2.75) is 43.9 Å². The van der Waals surface area contributed by atoms with Gasteiger partial charge in [0.2, 0.25) is 0 Å². The van der Waals surface area contributed by atoms with Crippen LogP contribution in [0.5, 0.6) is 0 Å². The number of aromatic nitrogens is 2. The molecule has 0 bridgehead atoms. The SMILES string of the molecule is O=C(c1n[nH]c2c1CCN(C1COC1)C2)N1CCC(c2ccc(F)c(F)c2C(F)(F)F)CC1. The first-order valence-corrected chi connectivity index (χ1v) is 11.0. The number of amides is 1. The van der Waals surface area contributed by atoms with E-state index in [9.17, 15) is 26.7 Å². The fourth-order valence-corrected chi connectivity index (χ4v) is 5.00. The summed E-state index contributed by atoms with van der Waals surface area (Å²) >= 11 is 0. The molecule has 3 aliphatic heterocycles. The van der Waals surface area contributed by atoms with Crippen molar-refractivity contribution in [2.75, 3.05) is 32.8 Å². The summed E-state index contributed by atoms with van der Waals surface area (Å²) in [6.45, 7) is 3.32. The number of nitrogens with one attached hydrogen (secondary N) is 1. The van der Waals surface area contributed by atoms with Gasteiger partial charge < -0.3 is 9.64 Å². The number of benzene rings is 1. The minimum Gasteiger partial charge on any atom is -0.378 e. The number of rotatable bonds is 3. The molecule has 0 saturated carbocycles. The number of likely N-dealkylation sites (tertiary alicyclic amines) is 1. The number of aromatic amines is 1. The molecule has 1 aromatic heterocycles. The molecular formula is C22H23F5N4O2. The number of hydrogen-bond donors (Lipinski definition) is 1. The Labute approximate surface area is 186 Å². The monoisotopic (exact) mass is 470 g/mol. The number of H-pyrrole nitrogens is 1. The Hall–Kier alpha value is -2.53. The lowest BCUT2D eigenvalue weighted by molar-refractivity contribution is -0.141. The van der Waals surface area contributed by atoms with E-state index in [0.717, 1.165) is 29.9 Å². The van der Waals surface area contributed by atoms with Crippen LogP contribution < -0.4 is 0 Å². The Balaban J connectivity index is 1.28. The maximum Gasteiger partial charge on any atom is 0.419 e. The highest BCUT2D eigenvalue weighted by Crippen LogP contribution is 2.41. The van der Waals surface area contributed by atoms with Crippen molar-refractivity contribution in [3.63, 3.8) is 0 Å². The van der Waals surface area contributed by atoms with E-state index >= 15 is 0 Å². The summed E-state index contributed by atoms with van der Waals surface area (Å²) in [5.74, 6) is -4.27. The van der Waals surface area contributed by atoms with Crippen LogP contribution in [0.4, 0.5) is 22.0 Å². The molecule has 4 heterocycles. The zero-order valence-corrected chi connectivity index (χ0v) is 17.7. The highest BCUT2D eigenvalue weighted by atomic mass is 19.4. The van der Waals surface area contributed by atoms with Crippen molar-refractivity contribution in [1.82, 2.24) is 20.0 Å². The molecule has 0 atom stereocenters. The molecule has 1 aromatic carbocycles. The average Bonchev–Trinajstić information content (AvgIpc) is 3.16. The van der Waals surface area contributed by atoms with E-state index in [-0.39, 0.29) is 37.4 Å². The first-order valence-electron chi connectivity index (χ1n) is 11.0. The number of alkyl halides is 3. The number of piperidine rings is 1. The topological polar surface area (TPSA) is 61.5 Å². The van der Waals surface area contributed by atoms with Gasteiger partial charge in [0.15, 0.2) is 17.3 Å². The van der Waals surface area contributed by atoms with E-state index < -0.39 is 29.3 Å². The van der Waals surface area contributed by atoms with Crippen LogP contribution in [0.3, 0.4) is 0 Å². The quantitative estimate of drug-likeness (QED) is 0.698. The minimum absolute atomic E-state index is 0.215. The van der Waals surface area contributed by atoms with E-state index in [0.29, 0.717) is 37.9 Å². The number of halogens is 5. The Morgan fingerprint density at radius 2 is 1.85 bits per heavy atom. The number of ether oxygens (including phenoxy) is 1. The van der Waals surface area contributed by atoms with Crippen LogP contribution in [-0.4, -0.2) is 64.8 Å². The Kier molecular flexibility index (Phi) is 5.64. The number of nitrogens with zero attached hydrogens (tertiary/aromatic N) is 3. The highest BCUT2D eigenvalue weighted by Gasteiger charge is 2.41. The minimum atomic E-state index is -5.00. The predicted molar refractivity (Wildman–Crippen MR) is 107 cm³/mol. The van der Waals surface area contributed by atoms with Crippen LogP contribution >= 0.6 is 0 Å². The molecule has 11 heteroatoms. The van der Waals surface area contributed by atoms with Crippen molar-refractivity contribution < 1.29 is 31.5 Å². The lowest BCUT2D eigenvalue weighted by atomic mass is 9.85. The normalized spacial score (nSPS) is 20.6. The third kappa shape index (κ3) is 4.01. The molecule has 1 N–H and O–H groups in total. The second-order valence-corrected chi connectivity index (χ2v) is 8.83. The van der Waals surface area contributed by atoms with Crippen molar-refractivity contribution >= 4 is 5.91 Å². The molecule has 2 fully saturated rings. The molecule has 1 amide bonds. The second-order valence-electron chi connectivity index (χ2n) is 8.83. The molecule has 2 aromatic rings. The Morgan fingerprint density at radius 1 is 1.12 bits per heavy atom. The zero-order valence-electron chi connectivity index (χ0n) is 17.7. The largest absolute Gasteiger partial charge is 0.419 e. The third-order valence-corrected chi connectivity index (χ3v) is 6.93. The summed E-state index contributed by atoms with van der Waals surface area (Å²) in [6.07, 6.45) is -3.87. The maximum absolute atomic E-state index is 14.0. The predicted octanol–water partition coefficient (Wildman–Crippen LogP) is 3.48. The molecule has 0 aliphatic carbocycles. The molecule has 6 nitrogen and oxygen atoms in total. The molecule has 178 valence electrons. The van der Waals surface area contributed by atoms with Gasteiger partial charge in [-0.1, -0.05) is 6.07 Å². The fourth-order valence-electron chi connectivity index (χ4n) is 5.00. The van der Waals surface area contributed by atoms with Crippen molar-refractivity contribution in [3.8, 4) is 0 Å². The maximum atomic E-state index is 14.0. The van der Waals surface area contributed by atoms with Gasteiger partial charge in [-0.2, -0.15) is 18.3 Å². The molecule has 0 radical (unpaired) electrons. The smallest absolute Gasteiger partial charge is 0.378 e. The number of fused-ring (bicyclic) bond motifs is 1. The lowest BCUT2D eigenvalue weighted by Gasteiger charge is -2.39. The summed E-state index contributed by atoms with van der Waals surface area (Å²) < 4.78 is 72.9. The Bertz CT molecular complexity index is 1060. The first kappa shape index (κ1) is 22.3. The standard InChI is InChI=1S/C22H23F5N4O2/c23-16-2-1-14(18(19(16)24)22(25,26)27)12-3-6-30(7-4-12)21(32)20-15-5-8-31(13-10-33-11-13)9-17(15)28-29-20/h1-2,12-13H,3-11H2,(H,28,29). The van der Waals surface area contributed by atoms with Crippen LogP contribution in [0.1, 0.15) is 51.6 Å². The van der Waals surface area contributed by atoms with Gasteiger partial charge in [-0.05, 0) is 36.8 Å². The summed E-state index contributed by atoms with van der Waals surface area (Å²) in [6, 6.07) is 2.12. The summed E-state index contributed by atoms with van der Waals surface area (Å²) in [5, 5.41) is 7.21. The van der Waals surface area contributed by atoms with Crippen molar-refractivity contribution in [1.29, 1.82) is 0 Å².